The third kappa shape index (κ3) is 6.25. The van der Waals surface area contributed by atoms with Gasteiger partial charge in [-0.15, -0.1) is 11.6 Å². The molecule has 0 fully saturated rings. The summed E-state index contributed by atoms with van der Waals surface area (Å²) in [6.07, 6.45) is 0.0800. The van der Waals surface area contributed by atoms with Crippen LogP contribution in [0.1, 0.15) is 25.3 Å². The third-order valence-corrected chi connectivity index (χ3v) is 2.66. The predicted molar refractivity (Wildman–Crippen MR) is 71.7 cm³/mol. The zero-order valence-corrected chi connectivity index (χ0v) is 11.6. The molecule has 0 saturated heterocycles. The minimum Gasteiger partial charge on any atom is -0.458 e. The van der Waals surface area contributed by atoms with Crippen LogP contribution in [0.3, 0.4) is 0 Å². The van der Waals surface area contributed by atoms with Gasteiger partial charge in [0.2, 0.25) is 0 Å². The highest BCUT2D eigenvalue weighted by Crippen LogP contribution is 2.09. The molecule has 0 bridgehead atoms. The SMILES string of the molecule is CC(=O)OC(CCCCl)C(=O)OCc1ccccc1. The van der Waals surface area contributed by atoms with Crippen molar-refractivity contribution < 1.29 is 19.1 Å². The molecular formula is C14H17ClO4. The summed E-state index contributed by atoms with van der Waals surface area (Å²) in [5.41, 5.74) is 0.884. The molecule has 19 heavy (non-hydrogen) atoms. The van der Waals surface area contributed by atoms with Crippen LogP contribution in [0.4, 0.5) is 0 Å². The monoisotopic (exact) mass is 284 g/mol. The van der Waals surface area contributed by atoms with Crippen LogP contribution >= 0.6 is 11.6 Å². The topological polar surface area (TPSA) is 52.6 Å². The molecule has 1 unspecified atom stereocenters. The molecule has 0 aliphatic carbocycles. The van der Waals surface area contributed by atoms with Crippen LogP contribution in [0.5, 0.6) is 0 Å². The molecule has 0 heterocycles. The number of hydrogen-bond donors (Lipinski definition) is 0. The Balaban J connectivity index is 2.48. The van der Waals surface area contributed by atoms with Gasteiger partial charge in [0, 0.05) is 12.8 Å². The van der Waals surface area contributed by atoms with Crippen molar-refractivity contribution in [3.8, 4) is 0 Å². The molecule has 0 spiro atoms. The largest absolute Gasteiger partial charge is 0.458 e. The van der Waals surface area contributed by atoms with E-state index in [1.165, 1.54) is 6.92 Å². The second-order valence-electron chi connectivity index (χ2n) is 4.02. The Morgan fingerprint density at radius 1 is 1.26 bits per heavy atom. The van der Waals surface area contributed by atoms with E-state index in [9.17, 15) is 9.59 Å². The van der Waals surface area contributed by atoms with Crippen LogP contribution in [-0.2, 0) is 25.7 Å². The molecule has 0 amide bonds. The highest BCUT2D eigenvalue weighted by atomic mass is 35.5. The molecule has 104 valence electrons. The Hall–Kier alpha value is -1.55. The number of rotatable bonds is 7. The van der Waals surface area contributed by atoms with Gasteiger partial charge in [0.1, 0.15) is 6.61 Å². The van der Waals surface area contributed by atoms with Gasteiger partial charge in [-0.25, -0.2) is 4.79 Å². The van der Waals surface area contributed by atoms with Crippen LogP contribution in [0, 0.1) is 0 Å². The molecule has 1 aromatic rings. The second-order valence-corrected chi connectivity index (χ2v) is 4.40. The van der Waals surface area contributed by atoms with Crippen LogP contribution in [0.25, 0.3) is 0 Å². The molecule has 0 aliphatic rings. The number of benzene rings is 1. The van der Waals surface area contributed by atoms with Crippen molar-refractivity contribution >= 4 is 23.5 Å². The van der Waals surface area contributed by atoms with Crippen molar-refractivity contribution in [1.29, 1.82) is 0 Å². The molecule has 1 rings (SSSR count). The third-order valence-electron chi connectivity index (χ3n) is 2.39. The summed E-state index contributed by atoms with van der Waals surface area (Å²) in [7, 11) is 0. The Labute approximate surface area is 117 Å². The molecule has 0 aromatic heterocycles. The van der Waals surface area contributed by atoms with Crippen LogP contribution < -0.4 is 0 Å². The molecule has 0 saturated carbocycles. The normalized spacial score (nSPS) is 11.7. The van der Waals surface area contributed by atoms with Crippen molar-refractivity contribution in [1.82, 2.24) is 0 Å². The Kier molecular flexibility index (Phi) is 6.97. The van der Waals surface area contributed by atoms with E-state index in [4.69, 9.17) is 21.1 Å². The van der Waals surface area contributed by atoms with Crippen molar-refractivity contribution in [2.75, 3.05) is 5.88 Å². The predicted octanol–water partition coefficient (Wildman–Crippen LogP) is 2.68. The molecule has 4 nitrogen and oxygen atoms in total. The first-order chi connectivity index (χ1) is 9.13. The second kappa shape index (κ2) is 8.53. The van der Waals surface area contributed by atoms with Gasteiger partial charge in [0.15, 0.2) is 6.10 Å². The average molecular weight is 285 g/mol. The van der Waals surface area contributed by atoms with Crippen LogP contribution in [0.2, 0.25) is 0 Å². The Bertz CT molecular complexity index is 405. The number of alkyl halides is 1. The van der Waals surface area contributed by atoms with Gasteiger partial charge in [-0.3, -0.25) is 4.79 Å². The standard InChI is InChI=1S/C14H17ClO4/c1-11(16)19-13(8-5-9-15)14(17)18-10-12-6-3-2-4-7-12/h2-4,6-7,13H,5,8-10H2,1H3. The number of carbonyl (C=O) groups is 2. The maximum absolute atomic E-state index is 11.8. The maximum Gasteiger partial charge on any atom is 0.347 e. The van der Waals surface area contributed by atoms with Gasteiger partial charge in [-0.05, 0) is 18.4 Å². The van der Waals surface area contributed by atoms with Gasteiger partial charge in [0.05, 0.1) is 0 Å². The van der Waals surface area contributed by atoms with E-state index in [1.807, 2.05) is 30.3 Å². The highest BCUT2D eigenvalue weighted by molar-refractivity contribution is 6.17. The summed E-state index contributed by atoms with van der Waals surface area (Å²) in [5, 5.41) is 0. The lowest BCUT2D eigenvalue weighted by atomic mass is 10.2. The van der Waals surface area contributed by atoms with Gasteiger partial charge in [0.25, 0.3) is 0 Å². The van der Waals surface area contributed by atoms with E-state index in [-0.39, 0.29) is 6.61 Å². The molecule has 0 radical (unpaired) electrons. The zero-order chi connectivity index (χ0) is 14.1. The fraction of sp³-hybridized carbons (Fsp3) is 0.429. The number of carbonyl (C=O) groups excluding carboxylic acids is 2. The summed E-state index contributed by atoms with van der Waals surface area (Å²) < 4.78 is 10.1. The lowest BCUT2D eigenvalue weighted by Crippen LogP contribution is -2.28. The highest BCUT2D eigenvalue weighted by Gasteiger charge is 2.22. The van der Waals surface area contributed by atoms with E-state index in [1.54, 1.807) is 0 Å². The summed E-state index contributed by atoms with van der Waals surface area (Å²) in [6.45, 7) is 1.43. The van der Waals surface area contributed by atoms with Crippen molar-refractivity contribution in [3.63, 3.8) is 0 Å². The van der Waals surface area contributed by atoms with E-state index < -0.39 is 18.0 Å². The first kappa shape index (κ1) is 15.5. The molecule has 1 aromatic carbocycles. The lowest BCUT2D eigenvalue weighted by molar-refractivity contribution is -0.168. The van der Waals surface area contributed by atoms with Crippen molar-refractivity contribution in [3.05, 3.63) is 35.9 Å². The number of halogens is 1. The Morgan fingerprint density at radius 3 is 2.53 bits per heavy atom. The quantitative estimate of drug-likeness (QED) is 0.571. The Morgan fingerprint density at radius 2 is 1.95 bits per heavy atom. The number of hydrogen-bond acceptors (Lipinski definition) is 4. The fourth-order valence-corrected chi connectivity index (χ4v) is 1.66. The fourth-order valence-electron chi connectivity index (χ4n) is 1.51. The maximum atomic E-state index is 11.8. The molecule has 0 aliphatic heterocycles. The lowest BCUT2D eigenvalue weighted by Gasteiger charge is -2.15. The number of ether oxygens (including phenoxy) is 2. The van der Waals surface area contributed by atoms with E-state index in [0.29, 0.717) is 18.7 Å². The summed E-state index contributed by atoms with van der Waals surface area (Å²) in [5.74, 6) is -0.635. The number of esters is 2. The summed E-state index contributed by atoms with van der Waals surface area (Å²) in [6, 6.07) is 9.31. The zero-order valence-electron chi connectivity index (χ0n) is 10.8. The first-order valence-electron chi connectivity index (χ1n) is 6.07. The van der Waals surface area contributed by atoms with E-state index >= 15 is 0 Å². The van der Waals surface area contributed by atoms with Gasteiger partial charge < -0.3 is 9.47 Å². The molecular weight excluding hydrogens is 268 g/mol. The van der Waals surface area contributed by atoms with E-state index in [2.05, 4.69) is 0 Å². The minimum atomic E-state index is -0.875. The smallest absolute Gasteiger partial charge is 0.347 e. The van der Waals surface area contributed by atoms with Crippen LogP contribution in [0.15, 0.2) is 30.3 Å². The summed E-state index contributed by atoms with van der Waals surface area (Å²) in [4.78, 5) is 22.7. The van der Waals surface area contributed by atoms with Gasteiger partial charge in [-0.1, -0.05) is 30.3 Å². The van der Waals surface area contributed by atoms with Gasteiger partial charge in [-0.2, -0.15) is 0 Å². The van der Waals surface area contributed by atoms with Crippen molar-refractivity contribution in [2.45, 2.75) is 32.5 Å². The van der Waals surface area contributed by atoms with E-state index in [0.717, 1.165) is 5.56 Å². The van der Waals surface area contributed by atoms with Crippen LogP contribution in [-0.4, -0.2) is 23.9 Å². The summed E-state index contributed by atoms with van der Waals surface area (Å²) >= 11 is 5.57. The molecule has 0 N–H and O–H groups in total. The average Bonchev–Trinajstić information content (AvgIpc) is 2.41. The molecule has 5 heteroatoms. The molecule has 1 atom stereocenters. The first-order valence-corrected chi connectivity index (χ1v) is 6.60. The van der Waals surface area contributed by atoms with Gasteiger partial charge >= 0.3 is 11.9 Å². The minimum absolute atomic E-state index is 0.165. The van der Waals surface area contributed by atoms with Crippen molar-refractivity contribution in [2.24, 2.45) is 0 Å².